The average Bonchev–Trinajstić information content (AvgIpc) is 2.29. The fourth-order valence-corrected chi connectivity index (χ4v) is 3.29. The van der Waals surface area contributed by atoms with Crippen LogP contribution in [0.15, 0.2) is 24.3 Å². The number of nitrogens with one attached hydrogen (secondary N) is 1. The van der Waals surface area contributed by atoms with Crippen LogP contribution in [0.3, 0.4) is 0 Å². The molecular formula is C15H23Cl2N. The normalized spacial score (nSPS) is 18.6. The van der Waals surface area contributed by atoms with E-state index in [1.54, 1.807) is 0 Å². The van der Waals surface area contributed by atoms with Crippen LogP contribution >= 0.6 is 24.0 Å². The molecule has 0 amide bonds. The van der Waals surface area contributed by atoms with Crippen LogP contribution in [0.25, 0.3) is 0 Å². The minimum absolute atomic E-state index is 0. The summed E-state index contributed by atoms with van der Waals surface area (Å²) < 4.78 is 0. The molecule has 0 spiro atoms. The van der Waals surface area contributed by atoms with Crippen molar-refractivity contribution in [2.45, 2.75) is 50.5 Å². The molecule has 0 aliphatic heterocycles. The van der Waals surface area contributed by atoms with Gasteiger partial charge in [0.15, 0.2) is 0 Å². The van der Waals surface area contributed by atoms with Crippen LogP contribution in [-0.2, 0) is 5.41 Å². The van der Waals surface area contributed by atoms with Crippen molar-refractivity contribution in [1.29, 1.82) is 0 Å². The summed E-state index contributed by atoms with van der Waals surface area (Å²) >= 11 is 5.98. The zero-order valence-corrected chi connectivity index (χ0v) is 12.8. The first-order valence-electron chi connectivity index (χ1n) is 6.66. The summed E-state index contributed by atoms with van der Waals surface area (Å²) in [5.41, 5.74) is 1.82. The molecule has 0 heterocycles. The topological polar surface area (TPSA) is 12.0 Å². The number of rotatable bonds is 5. The highest BCUT2D eigenvalue weighted by Crippen LogP contribution is 2.47. The molecule has 0 bridgehead atoms. The van der Waals surface area contributed by atoms with Gasteiger partial charge in [-0.05, 0) is 44.0 Å². The van der Waals surface area contributed by atoms with Crippen LogP contribution in [0.5, 0.6) is 0 Å². The lowest BCUT2D eigenvalue weighted by atomic mass is 9.59. The van der Waals surface area contributed by atoms with Gasteiger partial charge < -0.3 is 5.32 Å². The fraction of sp³-hybridized carbons (Fsp3) is 0.600. The van der Waals surface area contributed by atoms with E-state index in [1.165, 1.54) is 37.7 Å². The van der Waals surface area contributed by atoms with E-state index in [0.717, 1.165) is 5.02 Å². The standard InChI is InChI=1S/C15H22ClN.ClH/c1-3-5-14(17-2)15(10-4-11-15)12-6-8-13(16)9-7-12;/h6-9,14,17H,3-5,10-11H2,1-2H3;1H. The van der Waals surface area contributed by atoms with Crippen LogP contribution in [0, 0.1) is 0 Å². The Hall–Kier alpha value is -0.240. The molecule has 1 aliphatic carbocycles. The molecule has 1 unspecified atom stereocenters. The van der Waals surface area contributed by atoms with E-state index in [-0.39, 0.29) is 12.4 Å². The first-order chi connectivity index (χ1) is 8.23. The van der Waals surface area contributed by atoms with Gasteiger partial charge in [0.05, 0.1) is 0 Å². The monoisotopic (exact) mass is 287 g/mol. The summed E-state index contributed by atoms with van der Waals surface area (Å²) in [7, 11) is 2.09. The van der Waals surface area contributed by atoms with Crippen LogP contribution in [0.1, 0.15) is 44.6 Å². The van der Waals surface area contributed by atoms with Crippen LogP contribution in [0.2, 0.25) is 5.02 Å². The van der Waals surface area contributed by atoms with Crippen LogP contribution in [0.4, 0.5) is 0 Å². The lowest BCUT2D eigenvalue weighted by Crippen LogP contribution is -2.51. The largest absolute Gasteiger partial charge is 0.316 e. The molecule has 3 heteroatoms. The predicted molar refractivity (Wildman–Crippen MR) is 82.0 cm³/mol. The lowest BCUT2D eigenvalue weighted by Gasteiger charge is -2.48. The summed E-state index contributed by atoms with van der Waals surface area (Å²) in [6, 6.07) is 9.07. The predicted octanol–water partition coefficient (Wildman–Crippen LogP) is 4.57. The molecule has 1 fully saturated rings. The quantitative estimate of drug-likeness (QED) is 0.836. The Kier molecular flexibility index (Phi) is 5.97. The number of halogens is 2. The van der Waals surface area contributed by atoms with E-state index >= 15 is 0 Å². The molecule has 1 aromatic carbocycles. The lowest BCUT2D eigenvalue weighted by molar-refractivity contribution is 0.167. The number of hydrogen-bond donors (Lipinski definition) is 1. The van der Waals surface area contributed by atoms with Gasteiger partial charge in [-0.3, -0.25) is 0 Å². The van der Waals surface area contributed by atoms with Gasteiger partial charge in [-0.25, -0.2) is 0 Å². The Morgan fingerprint density at radius 2 is 1.89 bits per heavy atom. The van der Waals surface area contributed by atoms with Crippen LogP contribution in [-0.4, -0.2) is 13.1 Å². The van der Waals surface area contributed by atoms with Gasteiger partial charge in [0, 0.05) is 16.5 Å². The summed E-state index contributed by atoms with van der Waals surface area (Å²) in [5.74, 6) is 0. The van der Waals surface area contributed by atoms with E-state index in [4.69, 9.17) is 11.6 Å². The maximum atomic E-state index is 5.98. The van der Waals surface area contributed by atoms with E-state index in [0.29, 0.717) is 11.5 Å². The number of benzene rings is 1. The summed E-state index contributed by atoms with van der Waals surface area (Å²) in [4.78, 5) is 0. The molecule has 1 N–H and O–H groups in total. The van der Waals surface area contributed by atoms with Crippen molar-refractivity contribution in [3.05, 3.63) is 34.9 Å². The van der Waals surface area contributed by atoms with Gasteiger partial charge in [-0.1, -0.05) is 43.5 Å². The molecule has 0 saturated heterocycles. The van der Waals surface area contributed by atoms with E-state index < -0.39 is 0 Å². The third-order valence-electron chi connectivity index (χ3n) is 4.26. The second-order valence-electron chi connectivity index (χ2n) is 5.15. The van der Waals surface area contributed by atoms with Gasteiger partial charge in [-0.2, -0.15) is 0 Å². The van der Waals surface area contributed by atoms with E-state index in [1.807, 2.05) is 12.1 Å². The molecular weight excluding hydrogens is 265 g/mol. The molecule has 1 atom stereocenters. The molecule has 1 aliphatic rings. The van der Waals surface area contributed by atoms with Gasteiger partial charge in [0.1, 0.15) is 0 Å². The average molecular weight is 288 g/mol. The van der Waals surface area contributed by atoms with Crippen LogP contribution < -0.4 is 5.32 Å². The molecule has 1 nitrogen and oxygen atoms in total. The Balaban J connectivity index is 0.00000162. The number of hydrogen-bond acceptors (Lipinski definition) is 1. The molecule has 0 aromatic heterocycles. The van der Waals surface area contributed by atoms with Gasteiger partial charge in [0.2, 0.25) is 0 Å². The highest BCUT2D eigenvalue weighted by Gasteiger charge is 2.44. The first kappa shape index (κ1) is 15.8. The van der Waals surface area contributed by atoms with E-state index in [9.17, 15) is 0 Å². The Bertz CT molecular complexity index is 357. The maximum Gasteiger partial charge on any atom is 0.0406 e. The molecule has 1 saturated carbocycles. The highest BCUT2D eigenvalue weighted by atomic mass is 35.5. The van der Waals surface area contributed by atoms with Crippen molar-refractivity contribution < 1.29 is 0 Å². The summed E-state index contributed by atoms with van der Waals surface area (Å²) in [5, 5.41) is 4.36. The third kappa shape index (κ3) is 2.84. The molecule has 102 valence electrons. The molecule has 1 aromatic rings. The van der Waals surface area contributed by atoms with Gasteiger partial charge in [0.25, 0.3) is 0 Å². The van der Waals surface area contributed by atoms with Crippen molar-refractivity contribution in [2.24, 2.45) is 0 Å². The Morgan fingerprint density at radius 3 is 2.28 bits per heavy atom. The zero-order chi connectivity index (χ0) is 12.3. The van der Waals surface area contributed by atoms with E-state index in [2.05, 4.69) is 31.4 Å². The second kappa shape index (κ2) is 6.79. The molecule has 18 heavy (non-hydrogen) atoms. The first-order valence-corrected chi connectivity index (χ1v) is 7.04. The molecule has 2 rings (SSSR count). The SMILES string of the molecule is CCCC(NC)C1(c2ccc(Cl)cc2)CCC1.Cl. The highest BCUT2D eigenvalue weighted by molar-refractivity contribution is 6.30. The fourth-order valence-electron chi connectivity index (χ4n) is 3.16. The maximum absolute atomic E-state index is 5.98. The van der Waals surface area contributed by atoms with Crippen molar-refractivity contribution in [2.75, 3.05) is 7.05 Å². The number of likely N-dealkylation sites (N-methyl/N-ethyl adjacent to an activating group) is 1. The minimum atomic E-state index is 0. The second-order valence-corrected chi connectivity index (χ2v) is 5.58. The summed E-state index contributed by atoms with van der Waals surface area (Å²) in [6.07, 6.45) is 6.45. The van der Waals surface area contributed by atoms with Crippen molar-refractivity contribution in [1.82, 2.24) is 5.32 Å². The van der Waals surface area contributed by atoms with Gasteiger partial charge in [-0.15, -0.1) is 12.4 Å². The van der Waals surface area contributed by atoms with Crippen molar-refractivity contribution in [3.63, 3.8) is 0 Å². The van der Waals surface area contributed by atoms with Crippen molar-refractivity contribution >= 4 is 24.0 Å². The zero-order valence-electron chi connectivity index (χ0n) is 11.2. The Morgan fingerprint density at radius 1 is 1.28 bits per heavy atom. The minimum Gasteiger partial charge on any atom is -0.316 e. The smallest absolute Gasteiger partial charge is 0.0406 e. The molecule has 0 radical (unpaired) electrons. The summed E-state index contributed by atoms with van der Waals surface area (Å²) in [6.45, 7) is 2.26. The third-order valence-corrected chi connectivity index (χ3v) is 4.51. The van der Waals surface area contributed by atoms with Crippen molar-refractivity contribution in [3.8, 4) is 0 Å². The Labute approximate surface area is 122 Å². The van der Waals surface area contributed by atoms with Gasteiger partial charge >= 0.3 is 0 Å².